The van der Waals surface area contributed by atoms with Gasteiger partial charge >= 0.3 is 0 Å². The molecule has 1 saturated carbocycles. The fraction of sp³-hybridized carbons (Fsp3) is 0.667. The first-order chi connectivity index (χ1) is 15.0. The summed E-state index contributed by atoms with van der Waals surface area (Å²) in [6, 6.07) is 4.34. The van der Waals surface area contributed by atoms with Crippen LogP contribution in [0.3, 0.4) is 0 Å². The fourth-order valence-corrected chi connectivity index (χ4v) is 4.45. The SMILES string of the molecule is CCCCC1CCC(C(=O)Nc2ccc(F)c(NC(=O)CCN3CCOCC3)c2)CC1. The summed E-state index contributed by atoms with van der Waals surface area (Å²) in [4.78, 5) is 27.1. The summed E-state index contributed by atoms with van der Waals surface area (Å²) < 4.78 is 19.5. The quantitative estimate of drug-likeness (QED) is 0.605. The van der Waals surface area contributed by atoms with Crippen LogP contribution < -0.4 is 10.6 Å². The Hall–Kier alpha value is -1.99. The number of anilines is 2. The lowest BCUT2D eigenvalue weighted by Gasteiger charge is -2.27. The van der Waals surface area contributed by atoms with Crippen molar-refractivity contribution in [2.45, 2.75) is 58.3 Å². The maximum Gasteiger partial charge on any atom is 0.227 e. The van der Waals surface area contributed by atoms with Gasteiger partial charge in [-0.05, 0) is 49.8 Å². The Labute approximate surface area is 184 Å². The van der Waals surface area contributed by atoms with E-state index in [9.17, 15) is 14.0 Å². The topological polar surface area (TPSA) is 70.7 Å². The molecule has 0 spiro atoms. The number of morpholine rings is 1. The molecule has 2 amide bonds. The highest BCUT2D eigenvalue weighted by Gasteiger charge is 2.26. The van der Waals surface area contributed by atoms with Crippen LogP contribution in [0.15, 0.2) is 18.2 Å². The number of unbranched alkanes of at least 4 members (excludes halogenated alkanes) is 1. The summed E-state index contributed by atoms with van der Waals surface area (Å²) in [7, 11) is 0. The van der Waals surface area contributed by atoms with Gasteiger partial charge < -0.3 is 15.4 Å². The molecular weight excluding hydrogens is 397 g/mol. The van der Waals surface area contributed by atoms with Crippen LogP contribution in [0, 0.1) is 17.7 Å². The van der Waals surface area contributed by atoms with Crippen LogP contribution in [0.25, 0.3) is 0 Å². The number of amides is 2. The third-order valence-corrected chi connectivity index (χ3v) is 6.45. The second kappa shape index (κ2) is 12.2. The van der Waals surface area contributed by atoms with E-state index in [1.165, 1.54) is 31.4 Å². The first kappa shape index (κ1) is 23.7. The zero-order valence-corrected chi connectivity index (χ0v) is 18.6. The number of hydrogen-bond donors (Lipinski definition) is 2. The molecule has 0 atom stereocenters. The number of carbonyl (C=O) groups is 2. The van der Waals surface area contributed by atoms with Gasteiger partial charge in [0.15, 0.2) is 0 Å². The summed E-state index contributed by atoms with van der Waals surface area (Å²) in [6.07, 6.45) is 8.06. The van der Waals surface area contributed by atoms with Gasteiger partial charge in [0.1, 0.15) is 5.82 Å². The Kier molecular flexibility index (Phi) is 9.28. The maximum atomic E-state index is 14.2. The van der Waals surface area contributed by atoms with Crippen molar-refractivity contribution < 1.29 is 18.7 Å². The predicted octanol–water partition coefficient (Wildman–Crippen LogP) is 4.42. The number of nitrogens with zero attached hydrogens (tertiary/aromatic N) is 1. The Morgan fingerprint density at radius 2 is 1.87 bits per heavy atom. The number of nitrogens with one attached hydrogen (secondary N) is 2. The lowest BCUT2D eigenvalue weighted by molar-refractivity contribution is -0.121. The zero-order chi connectivity index (χ0) is 22.1. The van der Waals surface area contributed by atoms with Gasteiger partial charge in [0.2, 0.25) is 11.8 Å². The van der Waals surface area contributed by atoms with Gasteiger partial charge in [-0.2, -0.15) is 0 Å². The molecule has 1 aromatic carbocycles. The van der Waals surface area contributed by atoms with Gasteiger partial charge in [0.25, 0.3) is 0 Å². The first-order valence-electron chi connectivity index (χ1n) is 11.8. The molecule has 3 rings (SSSR count). The van der Waals surface area contributed by atoms with E-state index in [2.05, 4.69) is 22.5 Å². The molecule has 2 N–H and O–H groups in total. The van der Waals surface area contributed by atoms with Gasteiger partial charge in [-0.1, -0.05) is 26.2 Å². The molecule has 1 aliphatic heterocycles. The van der Waals surface area contributed by atoms with E-state index in [1.807, 2.05) is 0 Å². The van der Waals surface area contributed by atoms with E-state index < -0.39 is 5.82 Å². The molecule has 2 fully saturated rings. The number of carbonyl (C=O) groups excluding carboxylic acids is 2. The smallest absolute Gasteiger partial charge is 0.227 e. The van der Waals surface area contributed by atoms with Crippen molar-refractivity contribution in [3.8, 4) is 0 Å². The summed E-state index contributed by atoms with van der Waals surface area (Å²) in [5.41, 5.74) is 0.621. The lowest BCUT2D eigenvalue weighted by atomic mass is 9.79. The minimum atomic E-state index is -0.505. The number of hydrogen-bond acceptors (Lipinski definition) is 4. The van der Waals surface area contributed by atoms with Crippen LogP contribution in [-0.2, 0) is 14.3 Å². The zero-order valence-electron chi connectivity index (χ0n) is 18.6. The van der Waals surface area contributed by atoms with Gasteiger partial charge in [0, 0.05) is 37.7 Å². The number of ether oxygens (including phenoxy) is 1. The van der Waals surface area contributed by atoms with E-state index in [0.717, 1.165) is 44.7 Å². The van der Waals surface area contributed by atoms with Gasteiger partial charge in [0.05, 0.1) is 18.9 Å². The van der Waals surface area contributed by atoms with E-state index >= 15 is 0 Å². The molecule has 172 valence electrons. The van der Waals surface area contributed by atoms with E-state index in [-0.39, 0.29) is 29.8 Å². The molecule has 1 saturated heterocycles. The molecule has 0 radical (unpaired) electrons. The average Bonchev–Trinajstić information content (AvgIpc) is 2.79. The third-order valence-electron chi connectivity index (χ3n) is 6.45. The van der Waals surface area contributed by atoms with Crippen LogP contribution >= 0.6 is 0 Å². The highest BCUT2D eigenvalue weighted by molar-refractivity contribution is 5.95. The van der Waals surface area contributed by atoms with Crippen molar-refractivity contribution in [2.24, 2.45) is 11.8 Å². The molecule has 0 unspecified atom stereocenters. The van der Waals surface area contributed by atoms with Crippen molar-refractivity contribution in [3.63, 3.8) is 0 Å². The minimum absolute atomic E-state index is 0.00879. The van der Waals surface area contributed by atoms with Gasteiger partial charge in [-0.15, -0.1) is 0 Å². The normalized spacial score (nSPS) is 22.1. The first-order valence-corrected chi connectivity index (χ1v) is 11.8. The van der Waals surface area contributed by atoms with Crippen LogP contribution in [0.2, 0.25) is 0 Å². The summed E-state index contributed by atoms with van der Waals surface area (Å²) >= 11 is 0. The van der Waals surface area contributed by atoms with Crippen molar-refractivity contribution in [3.05, 3.63) is 24.0 Å². The van der Waals surface area contributed by atoms with Gasteiger partial charge in [-0.3, -0.25) is 14.5 Å². The van der Waals surface area contributed by atoms with Crippen molar-refractivity contribution in [1.82, 2.24) is 4.90 Å². The third kappa shape index (κ3) is 7.58. The molecule has 6 nitrogen and oxygen atoms in total. The Morgan fingerprint density at radius 3 is 2.58 bits per heavy atom. The van der Waals surface area contributed by atoms with Gasteiger partial charge in [-0.25, -0.2) is 4.39 Å². The Bertz CT molecular complexity index is 729. The molecule has 1 heterocycles. The second-order valence-electron chi connectivity index (χ2n) is 8.80. The second-order valence-corrected chi connectivity index (χ2v) is 8.80. The summed E-state index contributed by atoms with van der Waals surface area (Å²) in [5.74, 6) is 0.00200. The van der Waals surface area contributed by atoms with Crippen LogP contribution in [0.1, 0.15) is 58.3 Å². The standard InChI is InChI=1S/C24H36FN3O3/c1-2-3-4-18-5-7-19(8-6-18)24(30)26-20-9-10-21(25)22(17-20)27-23(29)11-12-28-13-15-31-16-14-28/h9-10,17-19H,2-8,11-16H2,1H3,(H,26,30)(H,27,29). The predicted molar refractivity (Wildman–Crippen MR) is 121 cm³/mol. The van der Waals surface area contributed by atoms with Crippen LogP contribution in [0.5, 0.6) is 0 Å². The Morgan fingerprint density at radius 1 is 1.13 bits per heavy atom. The highest BCUT2D eigenvalue weighted by Crippen LogP contribution is 2.32. The van der Waals surface area contributed by atoms with Crippen LogP contribution in [-0.4, -0.2) is 49.6 Å². The minimum Gasteiger partial charge on any atom is -0.379 e. The molecule has 1 aromatic rings. The maximum absolute atomic E-state index is 14.2. The Balaban J connectivity index is 1.47. The molecule has 0 aromatic heterocycles. The largest absolute Gasteiger partial charge is 0.379 e. The molecular formula is C24H36FN3O3. The summed E-state index contributed by atoms with van der Waals surface area (Å²) in [6.45, 7) is 5.81. The average molecular weight is 434 g/mol. The number of benzene rings is 1. The molecule has 31 heavy (non-hydrogen) atoms. The number of halogens is 1. The van der Waals surface area contributed by atoms with E-state index in [4.69, 9.17) is 4.74 Å². The number of rotatable bonds is 9. The van der Waals surface area contributed by atoms with E-state index in [0.29, 0.717) is 25.4 Å². The molecule has 2 aliphatic rings. The summed E-state index contributed by atoms with van der Waals surface area (Å²) in [5, 5.41) is 5.56. The molecule has 0 bridgehead atoms. The van der Waals surface area contributed by atoms with Crippen molar-refractivity contribution in [2.75, 3.05) is 43.5 Å². The highest BCUT2D eigenvalue weighted by atomic mass is 19.1. The molecule has 7 heteroatoms. The monoisotopic (exact) mass is 433 g/mol. The van der Waals surface area contributed by atoms with Crippen molar-refractivity contribution >= 4 is 23.2 Å². The van der Waals surface area contributed by atoms with Crippen LogP contribution in [0.4, 0.5) is 15.8 Å². The van der Waals surface area contributed by atoms with Crippen molar-refractivity contribution in [1.29, 1.82) is 0 Å². The lowest BCUT2D eigenvalue weighted by Crippen LogP contribution is -2.38. The molecule has 1 aliphatic carbocycles. The van der Waals surface area contributed by atoms with E-state index in [1.54, 1.807) is 6.07 Å². The fourth-order valence-electron chi connectivity index (χ4n) is 4.45.